The van der Waals surface area contributed by atoms with E-state index >= 15 is 0 Å². The molecule has 2 rings (SSSR count). The highest BCUT2D eigenvalue weighted by Crippen LogP contribution is 2.25. The van der Waals surface area contributed by atoms with Crippen molar-refractivity contribution in [2.24, 2.45) is 0 Å². The molecule has 1 aromatic heterocycles. The van der Waals surface area contributed by atoms with Gasteiger partial charge >= 0.3 is 0 Å². The summed E-state index contributed by atoms with van der Waals surface area (Å²) in [6, 6.07) is 9.89. The zero-order chi connectivity index (χ0) is 13.7. The van der Waals surface area contributed by atoms with Crippen LogP contribution in [-0.4, -0.2) is 19.2 Å². The van der Waals surface area contributed by atoms with Gasteiger partial charge in [-0.25, -0.2) is 4.98 Å². The molecule has 1 aromatic carbocycles. The van der Waals surface area contributed by atoms with Crippen LogP contribution in [-0.2, 0) is 6.54 Å². The van der Waals surface area contributed by atoms with Gasteiger partial charge in [0.25, 0.3) is 0 Å². The Hall–Kier alpha value is -2.23. The van der Waals surface area contributed by atoms with Gasteiger partial charge < -0.3 is 14.8 Å². The minimum absolute atomic E-state index is 0.622. The lowest BCUT2D eigenvalue weighted by atomic mass is 10.2. The van der Waals surface area contributed by atoms with Crippen molar-refractivity contribution >= 4 is 5.69 Å². The van der Waals surface area contributed by atoms with Gasteiger partial charge in [0.2, 0.25) is 5.88 Å². The molecule has 4 heteroatoms. The van der Waals surface area contributed by atoms with Crippen molar-refractivity contribution < 1.29 is 9.47 Å². The monoisotopic (exact) mass is 258 g/mol. The Labute approximate surface area is 113 Å². The van der Waals surface area contributed by atoms with Gasteiger partial charge in [0.1, 0.15) is 5.75 Å². The molecule has 0 amide bonds. The average molecular weight is 258 g/mol. The molecule has 1 heterocycles. The SMILES string of the molecule is COc1ccc(CNc2cc(C)ccc2OC)cn1. The molecule has 0 bridgehead atoms. The topological polar surface area (TPSA) is 43.4 Å². The quantitative estimate of drug-likeness (QED) is 0.895. The normalized spacial score (nSPS) is 10.1. The second-order valence-corrected chi connectivity index (χ2v) is 4.27. The number of hydrogen-bond acceptors (Lipinski definition) is 4. The largest absolute Gasteiger partial charge is 0.495 e. The molecule has 0 fully saturated rings. The number of ether oxygens (including phenoxy) is 2. The van der Waals surface area contributed by atoms with E-state index in [9.17, 15) is 0 Å². The molecule has 0 spiro atoms. The summed E-state index contributed by atoms with van der Waals surface area (Å²) in [6.45, 7) is 2.75. The first-order valence-electron chi connectivity index (χ1n) is 6.10. The highest BCUT2D eigenvalue weighted by atomic mass is 16.5. The predicted octanol–water partition coefficient (Wildman–Crippen LogP) is 3.02. The van der Waals surface area contributed by atoms with Crippen molar-refractivity contribution in [3.8, 4) is 11.6 Å². The lowest BCUT2D eigenvalue weighted by Gasteiger charge is -2.12. The van der Waals surface area contributed by atoms with Gasteiger partial charge in [-0.3, -0.25) is 0 Å². The first-order valence-corrected chi connectivity index (χ1v) is 6.10. The maximum absolute atomic E-state index is 5.33. The Morgan fingerprint density at radius 3 is 2.58 bits per heavy atom. The standard InChI is InChI=1S/C15H18N2O2/c1-11-4-6-14(18-2)13(8-11)16-9-12-5-7-15(19-3)17-10-12/h4-8,10,16H,9H2,1-3H3. The molecule has 100 valence electrons. The van der Waals surface area contributed by atoms with Gasteiger partial charge in [-0.1, -0.05) is 12.1 Å². The Balaban J connectivity index is 2.07. The summed E-state index contributed by atoms with van der Waals surface area (Å²) in [5.74, 6) is 1.46. The lowest BCUT2D eigenvalue weighted by molar-refractivity contribution is 0.397. The highest BCUT2D eigenvalue weighted by molar-refractivity contribution is 5.58. The van der Waals surface area contributed by atoms with E-state index in [1.807, 2.05) is 24.3 Å². The second kappa shape index (κ2) is 6.09. The maximum atomic E-state index is 5.33. The summed E-state index contributed by atoms with van der Waals surface area (Å²) in [5, 5.41) is 3.35. The molecule has 0 saturated carbocycles. The summed E-state index contributed by atoms with van der Waals surface area (Å²) >= 11 is 0. The Kier molecular flexibility index (Phi) is 4.23. The molecule has 0 aliphatic rings. The van der Waals surface area contributed by atoms with Crippen molar-refractivity contribution in [2.45, 2.75) is 13.5 Å². The van der Waals surface area contributed by atoms with Gasteiger partial charge in [-0.05, 0) is 30.2 Å². The number of hydrogen-bond donors (Lipinski definition) is 1. The van der Waals surface area contributed by atoms with E-state index in [0.29, 0.717) is 12.4 Å². The number of aryl methyl sites for hydroxylation is 1. The van der Waals surface area contributed by atoms with E-state index in [4.69, 9.17) is 9.47 Å². The number of pyridine rings is 1. The molecule has 0 unspecified atom stereocenters. The minimum Gasteiger partial charge on any atom is -0.495 e. The molecule has 0 atom stereocenters. The Morgan fingerprint density at radius 1 is 1.11 bits per heavy atom. The van der Waals surface area contributed by atoms with Crippen molar-refractivity contribution in [1.82, 2.24) is 4.98 Å². The third-order valence-corrected chi connectivity index (χ3v) is 2.84. The van der Waals surface area contributed by atoms with Crippen LogP contribution in [0.2, 0.25) is 0 Å². The van der Waals surface area contributed by atoms with E-state index in [1.165, 1.54) is 5.56 Å². The number of rotatable bonds is 5. The predicted molar refractivity (Wildman–Crippen MR) is 75.8 cm³/mol. The highest BCUT2D eigenvalue weighted by Gasteiger charge is 2.03. The van der Waals surface area contributed by atoms with Crippen LogP contribution in [0.5, 0.6) is 11.6 Å². The van der Waals surface area contributed by atoms with Crippen molar-refractivity contribution in [3.05, 3.63) is 47.7 Å². The summed E-state index contributed by atoms with van der Waals surface area (Å²) in [7, 11) is 3.28. The second-order valence-electron chi connectivity index (χ2n) is 4.27. The molecular weight excluding hydrogens is 240 g/mol. The fraction of sp³-hybridized carbons (Fsp3) is 0.267. The maximum Gasteiger partial charge on any atom is 0.212 e. The minimum atomic E-state index is 0.622. The van der Waals surface area contributed by atoms with Crippen molar-refractivity contribution in [1.29, 1.82) is 0 Å². The van der Waals surface area contributed by atoms with E-state index in [2.05, 4.69) is 23.3 Å². The number of nitrogens with one attached hydrogen (secondary N) is 1. The summed E-state index contributed by atoms with van der Waals surface area (Å²) < 4.78 is 10.4. The molecule has 4 nitrogen and oxygen atoms in total. The first kappa shape index (κ1) is 13.2. The number of aromatic nitrogens is 1. The first-order chi connectivity index (χ1) is 9.22. The number of nitrogens with zero attached hydrogens (tertiary/aromatic N) is 1. The van der Waals surface area contributed by atoms with Crippen LogP contribution in [0.15, 0.2) is 36.5 Å². The van der Waals surface area contributed by atoms with Gasteiger partial charge in [-0.15, -0.1) is 0 Å². The van der Waals surface area contributed by atoms with Gasteiger partial charge in [0.05, 0.1) is 19.9 Å². The molecule has 0 radical (unpaired) electrons. The third kappa shape index (κ3) is 3.37. The fourth-order valence-corrected chi connectivity index (χ4v) is 1.79. The van der Waals surface area contributed by atoms with Crippen LogP contribution < -0.4 is 14.8 Å². The fourth-order valence-electron chi connectivity index (χ4n) is 1.79. The zero-order valence-corrected chi connectivity index (χ0v) is 11.4. The summed E-state index contributed by atoms with van der Waals surface area (Å²) in [6.07, 6.45) is 1.80. The molecular formula is C15H18N2O2. The van der Waals surface area contributed by atoms with E-state index in [-0.39, 0.29) is 0 Å². The average Bonchev–Trinajstić information content (AvgIpc) is 2.46. The lowest BCUT2D eigenvalue weighted by Crippen LogP contribution is -2.02. The Morgan fingerprint density at radius 2 is 1.95 bits per heavy atom. The van der Waals surface area contributed by atoms with E-state index < -0.39 is 0 Å². The van der Waals surface area contributed by atoms with Crippen LogP contribution in [0.3, 0.4) is 0 Å². The number of anilines is 1. The number of benzene rings is 1. The summed E-state index contributed by atoms with van der Waals surface area (Å²) in [5.41, 5.74) is 3.26. The summed E-state index contributed by atoms with van der Waals surface area (Å²) in [4.78, 5) is 4.18. The van der Waals surface area contributed by atoms with Crippen molar-refractivity contribution in [3.63, 3.8) is 0 Å². The van der Waals surface area contributed by atoms with Crippen LogP contribution in [0.4, 0.5) is 5.69 Å². The van der Waals surface area contributed by atoms with Crippen LogP contribution >= 0.6 is 0 Å². The third-order valence-electron chi connectivity index (χ3n) is 2.84. The molecule has 0 saturated heterocycles. The molecule has 2 aromatic rings. The molecule has 0 aliphatic carbocycles. The van der Waals surface area contributed by atoms with Crippen molar-refractivity contribution in [2.75, 3.05) is 19.5 Å². The van der Waals surface area contributed by atoms with Crippen LogP contribution in [0.25, 0.3) is 0 Å². The van der Waals surface area contributed by atoms with Gasteiger partial charge in [0, 0.05) is 18.8 Å². The van der Waals surface area contributed by atoms with Crippen LogP contribution in [0.1, 0.15) is 11.1 Å². The van der Waals surface area contributed by atoms with E-state index in [1.54, 1.807) is 20.4 Å². The Bertz CT molecular complexity index is 538. The van der Waals surface area contributed by atoms with Gasteiger partial charge in [-0.2, -0.15) is 0 Å². The smallest absolute Gasteiger partial charge is 0.212 e. The van der Waals surface area contributed by atoms with Crippen LogP contribution in [0, 0.1) is 6.92 Å². The van der Waals surface area contributed by atoms with E-state index in [0.717, 1.165) is 17.0 Å². The number of methoxy groups -OCH3 is 2. The molecule has 1 N–H and O–H groups in total. The zero-order valence-electron chi connectivity index (χ0n) is 11.4. The molecule has 0 aliphatic heterocycles. The van der Waals surface area contributed by atoms with Gasteiger partial charge in [0.15, 0.2) is 0 Å². The molecule has 19 heavy (non-hydrogen) atoms.